The molecular formula is C24H37F3N4O5. The van der Waals surface area contributed by atoms with Gasteiger partial charge in [-0.15, -0.1) is 0 Å². The summed E-state index contributed by atoms with van der Waals surface area (Å²) in [5.41, 5.74) is 2.29. The number of pyridine rings is 1. The highest BCUT2D eigenvalue weighted by molar-refractivity contribution is 5.79. The maximum atomic E-state index is 12.2. The number of hydrogen-bond acceptors (Lipinski definition) is 7. The molecule has 1 aromatic rings. The van der Waals surface area contributed by atoms with Gasteiger partial charge < -0.3 is 30.1 Å². The molecule has 0 saturated heterocycles. The smallest absolute Gasteiger partial charge is 0.407 e. The molecule has 12 heteroatoms. The third-order valence-electron chi connectivity index (χ3n) is 5.88. The number of ether oxygens (including phenoxy) is 2. The number of unbranched alkanes of at least 4 members (excludes halogenated alkanes) is 1. The Balaban J connectivity index is 1.74. The second kappa shape index (κ2) is 15.5. The number of hydrogen-bond donors (Lipinski definition) is 3. The van der Waals surface area contributed by atoms with Gasteiger partial charge in [0.25, 0.3) is 0 Å². The van der Waals surface area contributed by atoms with Gasteiger partial charge in [0.2, 0.25) is 0 Å². The number of anilines is 1. The quantitative estimate of drug-likeness (QED) is 0.285. The minimum Gasteiger partial charge on any atom is -0.480 e. The van der Waals surface area contributed by atoms with Gasteiger partial charge in [0.15, 0.2) is 0 Å². The fourth-order valence-corrected chi connectivity index (χ4v) is 3.90. The van der Waals surface area contributed by atoms with Gasteiger partial charge in [-0.2, -0.15) is 13.2 Å². The first-order valence-electron chi connectivity index (χ1n) is 12.3. The highest BCUT2D eigenvalue weighted by atomic mass is 19.4. The standard InChI is InChI=1S/C24H37F3N4O5/c1-35-17-15-31(13-3-2-7-19-9-8-18-6-4-12-28-21(18)29-19)14-10-20(22(32)33)30-23(34)36-16-5-11-24(25,26)27/h8-9,20H,2-7,10-17H2,1H3,(H,28,29)(H,30,34)(H,32,33)/t20-/m0/s1. The number of alkyl carbamates (subject to hydrolysis) is 1. The third kappa shape index (κ3) is 11.9. The normalized spacial score (nSPS) is 14.1. The molecule has 1 atom stereocenters. The lowest BCUT2D eigenvalue weighted by Gasteiger charge is -2.24. The topological polar surface area (TPSA) is 113 Å². The Bertz CT molecular complexity index is 825. The van der Waals surface area contributed by atoms with E-state index < -0.39 is 37.3 Å². The number of methoxy groups -OCH3 is 1. The van der Waals surface area contributed by atoms with Crippen LogP contribution in [0.5, 0.6) is 0 Å². The van der Waals surface area contributed by atoms with Crippen LogP contribution < -0.4 is 10.6 Å². The summed E-state index contributed by atoms with van der Waals surface area (Å²) < 4.78 is 46.3. The van der Waals surface area contributed by atoms with E-state index >= 15 is 0 Å². The minimum absolute atomic E-state index is 0.120. The van der Waals surface area contributed by atoms with Crippen LogP contribution in [0.2, 0.25) is 0 Å². The van der Waals surface area contributed by atoms with Crippen LogP contribution in [0.15, 0.2) is 12.1 Å². The van der Waals surface area contributed by atoms with Crippen LogP contribution in [0.3, 0.4) is 0 Å². The molecule has 0 fully saturated rings. The summed E-state index contributed by atoms with van der Waals surface area (Å²) in [7, 11) is 1.59. The number of carbonyl (C=O) groups is 2. The van der Waals surface area contributed by atoms with Gasteiger partial charge in [-0.3, -0.25) is 0 Å². The van der Waals surface area contributed by atoms with Crippen LogP contribution >= 0.6 is 0 Å². The van der Waals surface area contributed by atoms with Gasteiger partial charge in [0.05, 0.1) is 13.2 Å². The highest BCUT2D eigenvalue weighted by Crippen LogP contribution is 2.21. The number of aromatic nitrogens is 1. The lowest BCUT2D eigenvalue weighted by atomic mass is 10.1. The molecule has 1 amide bonds. The zero-order valence-electron chi connectivity index (χ0n) is 20.7. The molecule has 204 valence electrons. The summed E-state index contributed by atoms with van der Waals surface area (Å²) in [5.74, 6) is -0.257. The van der Waals surface area contributed by atoms with E-state index in [9.17, 15) is 27.9 Å². The van der Waals surface area contributed by atoms with Crippen molar-refractivity contribution in [3.8, 4) is 0 Å². The number of alkyl halides is 3. The van der Waals surface area contributed by atoms with Crippen molar-refractivity contribution in [1.82, 2.24) is 15.2 Å². The van der Waals surface area contributed by atoms with Gasteiger partial charge >= 0.3 is 18.2 Å². The first-order valence-corrected chi connectivity index (χ1v) is 12.3. The Morgan fingerprint density at radius 3 is 2.72 bits per heavy atom. The fraction of sp³-hybridized carbons (Fsp3) is 0.708. The number of carboxylic acid groups (broad SMARTS) is 1. The average molecular weight is 519 g/mol. The number of halogens is 3. The van der Waals surface area contributed by atoms with Crippen molar-refractivity contribution in [1.29, 1.82) is 0 Å². The number of rotatable bonds is 16. The monoisotopic (exact) mass is 518 g/mol. The van der Waals surface area contributed by atoms with E-state index in [2.05, 4.69) is 32.4 Å². The van der Waals surface area contributed by atoms with E-state index in [1.807, 2.05) is 0 Å². The second-order valence-corrected chi connectivity index (χ2v) is 8.81. The molecule has 9 nitrogen and oxygen atoms in total. The Morgan fingerprint density at radius 2 is 2.00 bits per heavy atom. The summed E-state index contributed by atoms with van der Waals surface area (Å²) in [6.45, 7) is 2.71. The van der Waals surface area contributed by atoms with Crippen LogP contribution in [0.25, 0.3) is 0 Å². The van der Waals surface area contributed by atoms with Crippen molar-refractivity contribution in [3.05, 3.63) is 23.4 Å². The molecule has 0 radical (unpaired) electrons. The van der Waals surface area contributed by atoms with Crippen molar-refractivity contribution in [2.75, 3.05) is 51.8 Å². The van der Waals surface area contributed by atoms with Crippen molar-refractivity contribution in [2.45, 2.75) is 63.6 Å². The fourth-order valence-electron chi connectivity index (χ4n) is 3.90. The van der Waals surface area contributed by atoms with Crippen LogP contribution in [-0.2, 0) is 27.1 Å². The maximum absolute atomic E-state index is 12.2. The first kappa shape index (κ1) is 29.6. The van der Waals surface area contributed by atoms with Crippen LogP contribution in [0, 0.1) is 0 Å². The van der Waals surface area contributed by atoms with E-state index in [1.54, 1.807) is 7.11 Å². The maximum Gasteiger partial charge on any atom is 0.407 e. The number of aryl methyl sites for hydroxylation is 2. The van der Waals surface area contributed by atoms with E-state index in [0.29, 0.717) is 19.7 Å². The van der Waals surface area contributed by atoms with Gasteiger partial charge in [0.1, 0.15) is 11.9 Å². The van der Waals surface area contributed by atoms with Crippen molar-refractivity contribution in [2.24, 2.45) is 0 Å². The summed E-state index contributed by atoms with van der Waals surface area (Å²) >= 11 is 0. The van der Waals surface area contributed by atoms with Crippen molar-refractivity contribution in [3.63, 3.8) is 0 Å². The number of amides is 1. The average Bonchev–Trinajstić information content (AvgIpc) is 2.83. The summed E-state index contributed by atoms with van der Waals surface area (Å²) in [5, 5.41) is 15.0. The largest absolute Gasteiger partial charge is 0.480 e. The summed E-state index contributed by atoms with van der Waals surface area (Å²) in [6, 6.07) is 2.99. The van der Waals surface area contributed by atoms with Gasteiger partial charge in [0, 0.05) is 38.9 Å². The zero-order valence-corrected chi connectivity index (χ0v) is 20.7. The number of carbonyl (C=O) groups excluding carboxylic acids is 1. The molecule has 0 saturated carbocycles. The molecule has 0 spiro atoms. The summed E-state index contributed by atoms with van der Waals surface area (Å²) in [6.07, 6.45) is -1.90. The minimum atomic E-state index is -4.33. The van der Waals surface area contributed by atoms with Crippen LogP contribution in [0.4, 0.5) is 23.8 Å². The zero-order chi connectivity index (χ0) is 26.4. The molecule has 0 unspecified atom stereocenters. The lowest BCUT2D eigenvalue weighted by Crippen LogP contribution is -2.44. The molecule has 2 heterocycles. The highest BCUT2D eigenvalue weighted by Gasteiger charge is 2.27. The number of aliphatic carboxylic acids is 1. The molecule has 1 aromatic heterocycles. The summed E-state index contributed by atoms with van der Waals surface area (Å²) in [4.78, 5) is 30.2. The third-order valence-corrected chi connectivity index (χ3v) is 5.88. The SMILES string of the molecule is COCCN(CCCCc1ccc2c(n1)NCCC2)CC[C@H](NC(=O)OCCCC(F)(F)F)C(=O)O. The van der Waals surface area contributed by atoms with Gasteiger partial charge in [-0.05, 0) is 63.1 Å². The Kier molecular flexibility index (Phi) is 12.8. The molecule has 3 N–H and O–H groups in total. The number of fused-ring (bicyclic) bond motifs is 1. The number of carboxylic acids is 1. The van der Waals surface area contributed by atoms with E-state index in [1.165, 1.54) is 5.56 Å². The molecule has 0 bridgehead atoms. The second-order valence-electron chi connectivity index (χ2n) is 8.81. The Morgan fingerprint density at radius 1 is 1.19 bits per heavy atom. The lowest BCUT2D eigenvalue weighted by molar-refractivity contribution is -0.139. The Hall–Kier alpha value is -2.60. The molecule has 0 aromatic carbocycles. The molecular weight excluding hydrogens is 481 g/mol. The first-order chi connectivity index (χ1) is 17.2. The van der Waals surface area contributed by atoms with E-state index in [0.717, 1.165) is 56.7 Å². The molecule has 1 aliphatic rings. The van der Waals surface area contributed by atoms with E-state index in [4.69, 9.17) is 9.72 Å². The molecule has 36 heavy (non-hydrogen) atoms. The predicted octanol–water partition coefficient (Wildman–Crippen LogP) is 3.62. The molecule has 2 rings (SSSR count). The van der Waals surface area contributed by atoms with Crippen LogP contribution in [0.1, 0.15) is 49.8 Å². The predicted molar refractivity (Wildman–Crippen MR) is 128 cm³/mol. The molecule has 1 aliphatic heterocycles. The number of nitrogens with one attached hydrogen (secondary N) is 2. The van der Waals surface area contributed by atoms with Gasteiger partial charge in [-0.1, -0.05) is 6.07 Å². The van der Waals surface area contributed by atoms with E-state index in [-0.39, 0.29) is 12.8 Å². The van der Waals surface area contributed by atoms with Crippen molar-refractivity contribution < 1.29 is 37.3 Å². The Labute approximate surface area is 209 Å². The number of nitrogens with zero attached hydrogens (tertiary/aromatic N) is 2. The van der Waals surface area contributed by atoms with Gasteiger partial charge in [-0.25, -0.2) is 14.6 Å². The van der Waals surface area contributed by atoms with Crippen LogP contribution in [-0.4, -0.2) is 85.8 Å². The molecule has 0 aliphatic carbocycles. The van der Waals surface area contributed by atoms with Crippen molar-refractivity contribution >= 4 is 17.9 Å².